The Morgan fingerprint density at radius 2 is 2.05 bits per heavy atom. The quantitative estimate of drug-likeness (QED) is 0.791. The van der Waals surface area contributed by atoms with E-state index in [2.05, 4.69) is 5.32 Å². The molecule has 1 aromatic carbocycles. The van der Waals surface area contributed by atoms with Crippen LogP contribution >= 0.6 is 0 Å². The zero-order valence-electron chi connectivity index (χ0n) is 11.5. The van der Waals surface area contributed by atoms with Crippen LogP contribution in [0.2, 0.25) is 0 Å². The van der Waals surface area contributed by atoms with E-state index >= 15 is 0 Å². The number of ether oxygens (including phenoxy) is 1. The second kappa shape index (κ2) is 6.27. The molecule has 1 saturated heterocycles. The minimum absolute atomic E-state index is 0.00319. The van der Waals surface area contributed by atoms with E-state index in [-0.39, 0.29) is 18.4 Å². The van der Waals surface area contributed by atoms with E-state index < -0.39 is 0 Å². The lowest BCUT2D eigenvalue weighted by Crippen LogP contribution is -2.38. The van der Waals surface area contributed by atoms with Crippen LogP contribution < -0.4 is 15.8 Å². The molecular formula is C14H19N3O3. The van der Waals surface area contributed by atoms with Crippen LogP contribution in [0.1, 0.15) is 23.2 Å². The van der Waals surface area contributed by atoms with E-state index in [9.17, 15) is 9.59 Å². The fraction of sp³-hybridized carbons (Fsp3) is 0.429. The number of methoxy groups -OCH3 is 1. The lowest BCUT2D eigenvalue weighted by molar-refractivity contribution is -0.129. The van der Waals surface area contributed by atoms with E-state index in [0.29, 0.717) is 17.0 Å². The second-order valence-electron chi connectivity index (χ2n) is 4.70. The van der Waals surface area contributed by atoms with Crippen molar-refractivity contribution in [1.82, 2.24) is 10.2 Å². The highest BCUT2D eigenvalue weighted by Gasteiger charge is 2.20. The zero-order chi connectivity index (χ0) is 14.5. The van der Waals surface area contributed by atoms with E-state index in [1.54, 1.807) is 23.1 Å². The molecule has 0 spiro atoms. The monoisotopic (exact) mass is 277 g/mol. The van der Waals surface area contributed by atoms with Gasteiger partial charge in [-0.25, -0.2) is 0 Å². The molecule has 2 amide bonds. The number of hydrogen-bond donors (Lipinski definition) is 2. The van der Waals surface area contributed by atoms with Crippen molar-refractivity contribution in [3.63, 3.8) is 0 Å². The summed E-state index contributed by atoms with van der Waals surface area (Å²) in [7, 11) is 1.46. The average molecular weight is 277 g/mol. The predicted octanol–water partition coefficient (Wildman–Crippen LogP) is 0.630. The van der Waals surface area contributed by atoms with Crippen molar-refractivity contribution < 1.29 is 14.3 Å². The van der Waals surface area contributed by atoms with Gasteiger partial charge in [0.1, 0.15) is 0 Å². The van der Waals surface area contributed by atoms with Crippen molar-refractivity contribution in [2.75, 3.05) is 32.5 Å². The fourth-order valence-corrected chi connectivity index (χ4v) is 2.29. The first-order valence-electron chi connectivity index (χ1n) is 6.62. The highest BCUT2D eigenvalue weighted by atomic mass is 16.5. The number of benzene rings is 1. The van der Waals surface area contributed by atoms with Gasteiger partial charge in [-0.1, -0.05) is 6.07 Å². The smallest absolute Gasteiger partial charge is 0.255 e. The summed E-state index contributed by atoms with van der Waals surface area (Å²) < 4.78 is 5.12. The SMILES string of the molecule is COc1c(N)cccc1C(=O)NCC(=O)N1CCCC1. The van der Waals surface area contributed by atoms with Crippen molar-refractivity contribution in [3.05, 3.63) is 23.8 Å². The molecule has 2 rings (SSSR count). The molecule has 0 unspecified atom stereocenters. The predicted molar refractivity (Wildman–Crippen MR) is 75.6 cm³/mol. The summed E-state index contributed by atoms with van der Waals surface area (Å²) in [6, 6.07) is 4.95. The number of carbonyl (C=O) groups is 2. The lowest BCUT2D eigenvalue weighted by atomic mass is 10.1. The number of rotatable bonds is 4. The fourth-order valence-electron chi connectivity index (χ4n) is 2.29. The molecule has 0 bridgehead atoms. The number of nitrogens with two attached hydrogens (primary N) is 1. The van der Waals surface area contributed by atoms with E-state index in [1.165, 1.54) is 7.11 Å². The molecule has 1 aliphatic rings. The Morgan fingerprint density at radius 3 is 2.70 bits per heavy atom. The molecule has 108 valence electrons. The Balaban J connectivity index is 1.98. The highest BCUT2D eigenvalue weighted by molar-refractivity contribution is 6.00. The first-order chi connectivity index (χ1) is 9.63. The third-order valence-corrected chi connectivity index (χ3v) is 3.35. The van der Waals surface area contributed by atoms with Gasteiger partial charge < -0.3 is 20.7 Å². The van der Waals surface area contributed by atoms with Crippen molar-refractivity contribution >= 4 is 17.5 Å². The van der Waals surface area contributed by atoms with Crippen molar-refractivity contribution in [1.29, 1.82) is 0 Å². The molecule has 0 atom stereocenters. The molecule has 0 saturated carbocycles. The second-order valence-corrected chi connectivity index (χ2v) is 4.70. The van der Waals surface area contributed by atoms with Gasteiger partial charge in [-0.15, -0.1) is 0 Å². The number of amides is 2. The summed E-state index contributed by atoms with van der Waals surface area (Å²) >= 11 is 0. The van der Waals surface area contributed by atoms with Gasteiger partial charge in [0.15, 0.2) is 5.75 Å². The van der Waals surface area contributed by atoms with Crippen LogP contribution in [0.4, 0.5) is 5.69 Å². The maximum Gasteiger partial charge on any atom is 0.255 e. The number of likely N-dealkylation sites (tertiary alicyclic amines) is 1. The largest absolute Gasteiger partial charge is 0.494 e. The third-order valence-electron chi connectivity index (χ3n) is 3.35. The third kappa shape index (κ3) is 3.01. The number of hydrogen-bond acceptors (Lipinski definition) is 4. The van der Waals surface area contributed by atoms with Gasteiger partial charge in [0, 0.05) is 13.1 Å². The maximum absolute atomic E-state index is 12.1. The molecule has 6 nitrogen and oxygen atoms in total. The van der Waals surface area contributed by atoms with Crippen LogP contribution in [-0.2, 0) is 4.79 Å². The minimum Gasteiger partial charge on any atom is -0.494 e. The van der Waals surface area contributed by atoms with E-state index in [4.69, 9.17) is 10.5 Å². The van der Waals surface area contributed by atoms with Gasteiger partial charge in [-0.2, -0.15) is 0 Å². The molecule has 3 N–H and O–H groups in total. The Labute approximate surface area is 117 Å². The van der Waals surface area contributed by atoms with Crippen LogP contribution in [-0.4, -0.2) is 43.5 Å². The van der Waals surface area contributed by atoms with Gasteiger partial charge in [0.05, 0.1) is 24.9 Å². The molecule has 1 fully saturated rings. The summed E-state index contributed by atoms with van der Waals surface area (Å²) in [5, 5.41) is 2.61. The van der Waals surface area contributed by atoms with Crippen molar-refractivity contribution in [3.8, 4) is 5.75 Å². The van der Waals surface area contributed by atoms with Gasteiger partial charge in [-0.3, -0.25) is 9.59 Å². The Kier molecular flexibility index (Phi) is 4.45. The molecule has 20 heavy (non-hydrogen) atoms. The number of nitrogens with zero attached hydrogens (tertiary/aromatic N) is 1. The van der Waals surface area contributed by atoms with E-state index in [0.717, 1.165) is 25.9 Å². The van der Waals surface area contributed by atoms with Crippen LogP contribution in [0.3, 0.4) is 0 Å². The van der Waals surface area contributed by atoms with Gasteiger partial charge in [0.2, 0.25) is 5.91 Å². The molecule has 0 aliphatic carbocycles. The summed E-state index contributed by atoms with van der Waals surface area (Å²) in [5.74, 6) is -0.0842. The first kappa shape index (κ1) is 14.2. The highest BCUT2D eigenvalue weighted by Crippen LogP contribution is 2.25. The zero-order valence-corrected chi connectivity index (χ0v) is 11.5. The molecule has 1 heterocycles. The topological polar surface area (TPSA) is 84.7 Å². The van der Waals surface area contributed by atoms with Crippen LogP contribution in [0.15, 0.2) is 18.2 Å². The Morgan fingerprint density at radius 1 is 1.35 bits per heavy atom. The number of para-hydroxylation sites is 1. The summed E-state index contributed by atoms with van der Waals surface area (Å²) in [4.78, 5) is 25.7. The minimum atomic E-state index is -0.360. The Hall–Kier alpha value is -2.24. The maximum atomic E-state index is 12.1. The van der Waals surface area contributed by atoms with Crippen LogP contribution in [0, 0.1) is 0 Å². The lowest BCUT2D eigenvalue weighted by Gasteiger charge is -2.16. The summed E-state index contributed by atoms with van der Waals surface area (Å²) in [6.07, 6.45) is 2.06. The Bertz CT molecular complexity index is 510. The van der Waals surface area contributed by atoms with Crippen molar-refractivity contribution in [2.24, 2.45) is 0 Å². The van der Waals surface area contributed by atoms with Crippen molar-refractivity contribution in [2.45, 2.75) is 12.8 Å². The van der Waals surface area contributed by atoms with E-state index in [1.807, 2.05) is 0 Å². The summed E-state index contributed by atoms with van der Waals surface area (Å²) in [5.41, 5.74) is 6.47. The molecular weight excluding hydrogens is 258 g/mol. The van der Waals surface area contributed by atoms with Gasteiger partial charge in [-0.05, 0) is 25.0 Å². The molecule has 0 aromatic heterocycles. The number of nitrogens with one attached hydrogen (secondary N) is 1. The normalized spacial score (nSPS) is 14.2. The molecule has 6 heteroatoms. The molecule has 1 aromatic rings. The van der Waals surface area contributed by atoms with Crippen LogP contribution in [0.5, 0.6) is 5.75 Å². The van der Waals surface area contributed by atoms with Crippen LogP contribution in [0.25, 0.3) is 0 Å². The average Bonchev–Trinajstić information content (AvgIpc) is 2.98. The van der Waals surface area contributed by atoms with Gasteiger partial charge >= 0.3 is 0 Å². The number of nitrogen functional groups attached to an aromatic ring is 1. The number of anilines is 1. The standard InChI is InChI=1S/C14H19N3O3/c1-20-13-10(5-4-6-11(13)15)14(19)16-9-12(18)17-7-2-3-8-17/h4-6H,2-3,7-9,15H2,1H3,(H,16,19). The summed E-state index contributed by atoms with van der Waals surface area (Å²) in [6.45, 7) is 1.55. The van der Waals surface area contributed by atoms with Gasteiger partial charge in [0.25, 0.3) is 5.91 Å². The molecule has 0 radical (unpaired) electrons. The number of carbonyl (C=O) groups excluding carboxylic acids is 2. The molecule has 1 aliphatic heterocycles. The first-order valence-corrected chi connectivity index (χ1v) is 6.62.